The molecule has 0 fully saturated rings. The van der Waals surface area contributed by atoms with Crippen LogP contribution in [-0.2, 0) is 27.4 Å². The molecular formula is C17H21N3O5. The molecule has 0 aliphatic heterocycles. The molecule has 1 aromatic carbocycles. The van der Waals surface area contributed by atoms with E-state index in [-0.39, 0.29) is 6.73 Å². The molecule has 0 saturated heterocycles. The molecule has 2 rings (SSSR count). The quantitative estimate of drug-likeness (QED) is 0.559. The zero-order chi connectivity index (χ0) is 18.4. The number of anilines is 1. The summed E-state index contributed by atoms with van der Waals surface area (Å²) in [7, 11) is 1.27. The van der Waals surface area contributed by atoms with E-state index in [1.54, 1.807) is 13.0 Å². The number of hydrogen-bond acceptors (Lipinski definition) is 6. The number of aromatic amines is 1. The molecule has 134 valence electrons. The van der Waals surface area contributed by atoms with Gasteiger partial charge in [0.25, 0.3) is 5.56 Å². The third-order valence-corrected chi connectivity index (χ3v) is 3.80. The molecule has 1 atom stereocenters. The number of nitrogens with zero attached hydrogens (tertiary/aromatic N) is 1. The largest absolute Gasteiger partial charge is 0.467 e. The predicted octanol–water partition coefficient (Wildman–Crippen LogP) is 0.576. The number of nitrogens with two attached hydrogens (primary N) is 1. The minimum absolute atomic E-state index is 0.180. The molecule has 8 nitrogen and oxygen atoms in total. The van der Waals surface area contributed by atoms with Gasteiger partial charge >= 0.3 is 11.7 Å². The average molecular weight is 347 g/mol. The van der Waals surface area contributed by atoms with E-state index in [2.05, 4.69) is 4.98 Å². The Balaban J connectivity index is 2.07. The van der Waals surface area contributed by atoms with Crippen LogP contribution in [0.25, 0.3) is 0 Å². The van der Waals surface area contributed by atoms with Gasteiger partial charge < -0.3 is 15.2 Å². The summed E-state index contributed by atoms with van der Waals surface area (Å²) in [5.41, 5.74) is 6.74. The van der Waals surface area contributed by atoms with Gasteiger partial charge in [0.1, 0.15) is 6.73 Å². The summed E-state index contributed by atoms with van der Waals surface area (Å²) < 4.78 is 11.5. The van der Waals surface area contributed by atoms with Crippen molar-refractivity contribution in [2.75, 3.05) is 12.8 Å². The standard InChI is InChI=1S/C17H21N3O5/c1-11-9-20(17(23)19-15(11)21)10-25-14(16(22)24-2)8-7-12-5-3-4-6-13(12)18/h3-6,9,14H,7-8,10,18H2,1-2H3,(H,19,21,23)/t14-/m0/s1. The summed E-state index contributed by atoms with van der Waals surface area (Å²) >= 11 is 0. The number of benzene rings is 1. The van der Waals surface area contributed by atoms with Gasteiger partial charge in [-0.25, -0.2) is 9.59 Å². The molecule has 1 aromatic heterocycles. The van der Waals surface area contributed by atoms with Crippen molar-refractivity contribution in [3.63, 3.8) is 0 Å². The lowest BCUT2D eigenvalue weighted by Gasteiger charge is -2.17. The maximum atomic E-state index is 11.9. The van der Waals surface area contributed by atoms with Crippen molar-refractivity contribution in [2.45, 2.75) is 32.6 Å². The summed E-state index contributed by atoms with van der Waals surface area (Å²) in [4.78, 5) is 37.2. The summed E-state index contributed by atoms with van der Waals surface area (Å²) in [6.45, 7) is 1.39. The molecule has 0 bridgehead atoms. The van der Waals surface area contributed by atoms with E-state index in [0.29, 0.717) is 24.1 Å². The molecule has 0 aliphatic carbocycles. The fraction of sp³-hybridized carbons (Fsp3) is 0.353. The summed E-state index contributed by atoms with van der Waals surface area (Å²) in [5, 5.41) is 0. The smallest absolute Gasteiger partial charge is 0.335 e. The van der Waals surface area contributed by atoms with E-state index in [4.69, 9.17) is 15.2 Å². The van der Waals surface area contributed by atoms with Gasteiger partial charge in [0, 0.05) is 17.4 Å². The van der Waals surface area contributed by atoms with Gasteiger partial charge in [-0.2, -0.15) is 0 Å². The zero-order valence-corrected chi connectivity index (χ0v) is 14.2. The third kappa shape index (κ3) is 4.80. The van der Waals surface area contributed by atoms with Crippen LogP contribution < -0.4 is 17.0 Å². The van der Waals surface area contributed by atoms with Crippen LogP contribution in [0.1, 0.15) is 17.5 Å². The number of esters is 1. The first-order valence-electron chi connectivity index (χ1n) is 7.75. The number of ether oxygens (including phenoxy) is 2. The Labute approximate surface area is 144 Å². The van der Waals surface area contributed by atoms with E-state index in [0.717, 1.165) is 5.56 Å². The number of para-hydroxylation sites is 1. The van der Waals surface area contributed by atoms with Crippen LogP contribution in [0.15, 0.2) is 40.1 Å². The highest BCUT2D eigenvalue weighted by atomic mass is 16.6. The molecule has 0 saturated carbocycles. The van der Waals surface area contributed by atoms with Gasteiger partial charge in [-0.05, 0) is 31.4 Å². The average Bonchev–Trinajstić information content (AvgIpc) is 2.59. The van der Waals surface area contributed by atoms with Crippen molar-refractivity contribution in [2.24, 2.45) is 0 Å². The molecular weight excluding hydrogens is 326 g/mol. The number of hydrogen-bond donors (Lipinski definition) is 2. The van der Waals surface area contributed by atoms with Gasteiger partial charge in [0.05, 0.1) is 7.11 Å². The molecule has 0 aliphatic rings. The third-order valence-electron chi connectivity index (χ3n) is 3.80. The maximum absolute atomic E-state index is 11.9. The van der Waals surface area contributed by atoms with E-state index in [1.165, 1.54) is 17.9 Å². The molecule has 0 amide bonds. The van der Waals surface area contributed by atoms with Crippen LogP contribution in [0.3, 0.4) is 0 Å². The Morgan fingerprint density at radius 1 is 1.32 bits per heavy atom. The number of rotatable bonds is 7. The Hall–Kier alpha value is -2.87. The van der Waals surface area contributed by atoms with Crippen molar-refractivity contribution in [1.82, 2.24) is 9.55 Å². The van der Waals surface area contributed by atoms with E-state index < -0.39 is 23.3 Å². The van der Waals surface area contributed by atoms with Gasteiger partial charge in [-0.15, -0.1) is 0 Å². The number of aromatic nitrogens is 2. The Morgan fingerprint density at radius 2 is 2.04 bits per heavy atom. The topological polar surface area (TPSA) is 116 Å². The molecule has 2 aromatic rings. The SMILES string of the molecule is COC(=O)[C@H](CCc1ccccc1N)OCn1cc(C)c(=O)[nH]c1=O. The first-order chi connectivity index (χ1) is 11.9. The van der Waals surface area contributed by atoms with Crippen LogP contribution in [0.4, 0.5) is 5.69 Å². The highest BCUT2D eigenvalue weighted by Gasteiger charge is 2.20. The van der Waals surface area contributed by atoms with Gasteiger partial charge in [0.15, 0.2) is 6.10 Å². The van der Waals surface area contributed by atoms with Gasteiger partial charge in [0.2, 0.25) is 0 Å². The second kappa shape index (κ2) is 8.29. The van der Waals surface area contributed by atoms with E-state index >= 15 is 0 Å². The monoisotopic (exact) mass is 347 g/mol. The lowest BCUT2D eigenvalue weighted by atomic mass is 10.1. The molecule has 0 unspecified atom stereocenters. The fourth-order valence-corrected chi connectivity index (χ4v) is 2.33. The molecule has 0 spiro atoms. The highest BCUT2D eigenvalue weighted by Crippen LogP contribution is 2.15. The Kier molecular flexibility index (Phi) is 6.13. The first-order valence-corrected chi connectivity index (χ1v) is 7.75. The lowest BCUT2D eigenvalue weighted by molar-refractivity contribution is -0.157. The lowest BCUT2D eigenvalue weighted by Crippen LogP contribution is -2.34. The normalized spacial score (nSPS) is 11.9. The summed E-state index contributed by atoms with van der Waals surface area (Å²) in [6.07, 6.45) is 1.39. The van der Waals surface area contributed by atoms with Crippen LogP contribution in [0.5, 0.6) is 0 Å². The highest BCUT2D eigenvalue weighted by molar-refractivity contribution is 5.74. The van der Waals surface area contributed by atoms with Crippen molar-refractivity contribution in [1.29, 1.82) is 0 Å². The minimum atomic E-state index is -0.858. The minimum Gasteiger partial charge on any atom is -0.467 e. The molecule has 8 heteroatoms. The number of aryl methyl sites for hydroxylation is 2. The zero-order valence-electron chi connectivity index (χ0n) is 14.2. The van der Waals surface area contributed by atoms with E-state index in [1.807, 2.05) is 18.2 Å². The number of carbonyl (C=O) groups is 1. The molecule has 0 radical (unpaired) electrons. The summed E-state index contributed by atoms with van der Waals surface area (Å²) in [6, 6.07) is 7.35. The predicted molar refractivity (Wildman–Crippen MR) is 92.1 cm³/mol. The van der Waals surface area contributed by atoms with Crippen LogP contribution in [0, 0.1) is 6.92 Å². The van der Waals surface area contributed by atoms with Crippen molar-refractivity contribution in [3.05, 3.63) is 62.4 Å². The van der Waals surface area contributed by atoms with Gasteiger partial charge in [-0.1, -0.05) is 18.2 Å². The van der Waals surface area contributed by atoms with Crippen LogP contribution in [0.2, 0.25) is 0 Å². The number of carbonyl (C=O) groups excluding carboxylic acids is 1. The van der Waals surface area contributed by atoms with Crippen molar-refractivity contribution >= 4 is 11.7 Å². The Morgan fingerprint density at radius 3 is 2.72 bits per heavy atom. The first kappa shape index (κ1) is 18.5. The second-order valence-corrected chi connectivity index (χ2v) is 5.59. The molecule has 1 heterocycles. The van der Waals surface area contributed by atoms with Gasteiger partial charge in [-0.3, -0.25) is 14.3 Å². The fourth-order valence-electron chi connectivity index (χ4n) is 2.33. The molecule has 3 N–H and O–H groups in total. The number of nitrogen functional groups attached to an aromatic ring is 1. The number of H-pyrrole nitrogens is 1. The van der Waals surface area contributed by atoms with E-state index in [9.17, 15) is 14.4 Å². The number of methoxy groups -OCH3 is 1. The number of nitrogens with one attached hydrogen (secondary N) is 1. The molecule has 25 heavy (non-hydrogen) atoms. The second-order valence-electron chi connectivity index (χ2n) is 5.59. The maximum Gasteiger partial charge on any atom is 0.335 e. The van der Waals surface area contributed by atoms with Crippen LogP contribution in [-0.4, -0.2) is 28.7 Å². The Bertz CT molecular complexity index is 856. The van der Waals surface area contributed by atoms with Crippen molar-refractivity contribution in [3.8, 4) is 0 Å². The summed E-state index contributed by atoms with van der Waals surface area (Å²) in [5.74, 6) is -0.538. The van der Waals surface area contributed by atoms with Crippen molar-refractivity contribution < 1.29 is 14.3 Å². The van der Waals surface area contributed by atoms with Crippen LogP contribution >= 0.6 is 0 Å².